The van der Waals surface area contributed by atoms with Crippen LogP contribution >= 0.6 is 36.1 Å². The van der Waals surface area contributed by atoms with Gasteiger partial charge < -0.3 is 53.2 Å². The highest BCUT2D eigenvalue weighted by Crippen LogP contribution is 2.58. The first-order valence-corrected chi connectivity index (χ1v) is 45.2. The monoisotopic (exact) mass is 1820 g/mol. The van der Waals surface area contributed by atoms with Gasteiger partial charge in [0.25, 0.3) is 30.4 Å². The van der Waals surface area contributed by atoms with Gasteiger partial charge >= 0.3 is 0 Å². The summed E-state index contributed by atoms with van der Waals surface area (Å²) < 4.78 is 124. The highest BCUT2D eigenvalue weighted by molar-refractivity contribution is 7.95. The number of hydrogen-bond donors (Lipinski definition) is 14. The third kappa shape index (κ3) is 17.8. The van der Waals surface area contributed by atoms with Crippen LogP contribution in [0.5, 0.6) is 0 Å². The molecule has 46 heteroatoms. The highest BCUT2D eigenvalue weighted by atomic mass is 32.2. The van der Waals surface area contributed by atoms with E-state index in [1.807, 2.05) is 0 Å². The number of nitrogens with zero attached hydrogens (tertiary/aromatic N) is 8. The summed E-state index contributed by atoms with van der Waals surface area (Å²) in [5, 5.41) is 57.8. The number of nitrogen functional groups attached to an aromatic ring is 2. The van der Waals surface area contributed by atoms with E-state index in [0.717, 1.165) is 69.2 Å². The Morgan fingerprint density at radius 2 is 0.872 bits per heavy atom. The van der Waals surface area contributed by atoms with Gasteiger partial charge in [-0.3, -0.25) is 42.4 Å². The van der Waals surface area contributed by atoms with Gasteiger partial charge in [0.1, 0.15) is 21.6 Å². The zero-order valence-electron chi connectivity index (χ0n) is 65.4. The molecular formula is C79H76N16O24S6. The SMILES string of the molecule is CN1C(=O)C(C(=O)c2cccc(SOOO)c2)C2c3c1ccc(Nc1cc(Nc4nc(N)nc(NC5CCC(CC6CCC(Nc7nc(N)nc(Nc8cc(Nc9ccc%10c%11c9C(=O)C9C=CC=CC9C%11C(C(=O)c9cccc(S(=O)(=O)O)c9)C(=O)N%10C)c(S(=O)(=O)O)cc8SOOO)n7)CC6)CC5)n4)c(S(=O)(=O)O)cc1SOOO)c3C(=O)C1C=CC=CC12. The molecule has 8 aromatic rings. The summed E-state index contributed by atoms with van der Waals surface area (Å²) in [6.45, 7) is 0. The Labute approximate surface area is 724 Å². The number of anilines is 14. The largest absolute Gasteiger partial charge is 0.368 e. The Hall–Kier alpha value is -11.3. The van der Waals surface area contributed by atoms with Crippen molar-refractivity contribution < 1.29 is 112 Å². The van der Waals surface area contributed by atoms with Crippen LogP contribution in [0.4, 0.5) is 81.2 Å². The maximum absolute atomic E-state index is 15.1. The number of hydrogen-bond acceptors (Lipinski definition) is 38. The predicted octanol–water partition coefficient (Wildman–Crippen LogP) is 12.5. The molecule has 2 amide bonds. The Morgan fingerprint density at radius 1 is 0.464 bits per heavy atom. The average molecular weight is 1830 g/mol. The number of aromatic nitrogens is 6. The van der Waals surface area contributed by atoms with E-state index >= 15 is 9.59 Å². The summed E-state index contributed by atoms with van der Waals surface area (Å²) in [4.78, 5) is 116. The minimum absolute atomic E-state index is 0.00101. The maximum Gasteiger partial charge on any atom is 0.296 e. The van der Waals surface area contributed by atoms with Crippen LogP contribution in [0.1, 0.15) is 122 Å². The molecule has 16 N–H and O–H groups in total. The Bertz CT molecular complexity index is 6240. The number of carbonyl (C=O) groups excluding carboxylic acids is 6. The molecule has 0 radical (unpaired) electrons. The Kier molecular flexibility index (Phi) is 24.9. The minimum atomic E-state index is -5.19. The highest BCUT2D eigenvalue weighted by Gasteiger charge is 2.56. The second-order valence-corrected chi connectivity index (χ2v) is 37.3. The number of Topliss-reactive ketones (excluding diaryl/α,β-unsaturated/α-hetero) is 4. The van der Waals surface area contributed by atoms with Crippen molar-refractivity contribution in [2.24, 2.45) is 47.3 Å². The van der Waals surface area contributed by atoms with Crippen molar-refractivity contribution in [2.75, 3.05) is 67.3 Å². The lowest BCUT2D eigenvalue weighted by molar-refractivity contribution is -0.432. The van der Waals surface area contributed by atoms with Crippen LogP contribution in [0, 0.1) is 47.3 Å². The minimum Gasteiger partial charge on any atom is -0.368 e. The summed E-state index contributed by atoms with van der Waals surface area (Å²) in [6, 6.07) is 21.0. The van der Waals surface area contributed by atoms with Crippen molar-refractivity contribution in [1.29, 1.82) is 0 Å². The standard InChI is InChI=1S/C79H76N16O24S6/c1-94-54-27-25-48(62-64(54)60(44-13-3-5-15-46(44)70(62)98)66(72(94)100)68(96)38-9-7-11-42(30-38)120-117-114-102)84-50-32-53(59(125(111,112)113)34-56(50)121-118-115-103)87-79-91-75(81)89-77(93-79)83-41-23-19-37(20-24-41)29-36-17-21-40(22-18-36)82-76-88-74(80)90-78(92-76)86-51-33-52(58(124(108,109)110)35-57(51)122-119-116-104)85-49-26-28-55-65-61(45-14-4-6-16-47(45)71(99)63(49)65)67(73(101)95(55)2)69(97)39-10-8-12-43(31-39)123(105,106)107/h3-16,25-28,30-37,40-41,44-47,60-61,66-67,84-85,102-104H,17-24,29H2,1-2H3,(H,105,106,107)(H,108,109,110)(H,111,112,113)(H4,80,82,86,88,90,92)(H4,81,83,87,89,91,93). The van der Waals surface area contributed by atoms with Crippen LogP contribution in [-0.2, 0) is 68.1 Å². The van der Waals surface area contributed by atoms with Crippen molar-refractivity contribution in [3.63, 3.8) is 0 Å². The second-order valence-electron chi connectivity index (χ2n) is 30.8. The molecule has 8 unspecified atom stereocenters. The topological polar surface area (TPSA) is 590 Å². The van der Waals surface area contributed by atoms with Gasteiger partial charge in [0, 0.05) is 99.7 Å². The lowest BCUT2D eigenvalue weighted by Crippen LogP contribution is -2.50. The average Bonchev–Trinajstić information content (AvgIpc) is 0.709. The summed E-state index contributed by atoms with van der Waals surface area (Å²) in [5.41, 5.74) is 13.2. The van der Waals surface area contributed by atoms with E-state index < -0.39 is 122 Å². The molecule has 4 heterocycles. The van der Waals surface area contributed by atoms with E-state index in [1.165, 1.54) is 78.5 Å². The Balaban J connectivity index is 0.581. The number of benzene rings is 6. The summed E-state index contributed by atoms with van der Waals surface area (Å²) in [7, 11) is -12.2. The van der Waals surface area contributed by atoms with Gasteiger partial charge in [0.15, 0.2) is 23.1 Å². The van der Waals surface area contributed by atoms with Crippen LogP contribution in [0.2, 0.25) is 0 Å². The lowest BCUT2D eigenvalue weighted by atomic mass is 9.59. The van der Waals surface area contributed by atoms with Crippen LogP contribution in [0.15, 0.2) is 175 Å². The van der Waals surface area contributed by atoms with E-state index in [2.05, 4.69) is 81.3 Å². The lowest BCUT2D eigenvalue weighted by Gasteiger charge is -2.46. The van der Waals surface area contributed by atoms with Crippen LogP contribution in [-0.4, -0.2) is 146 Å². The maximum atomic E-state index is 15.1. The summed E-state index contributed by atoms with van der Waals surface area (Å²) >= 11 is 1.26. The molecule has 2 aliphatic heterocycles. The van der Waals surface area contributed by atoms with E-state index in [1.54, 1.807) is 66.8 Å². The van der Waals surface area contributed by atoms with Crippen molar-refractivity contribution in [1.82, 2.24) is 29.9 Å². The van der Waals surface area contributed by atoms with Gasteiger partial charge in [0.2, 0.25) is 47.5 Å². The number of allylic oxidation sites excluding steroid dienone is 8. The zero-order valence-corrected chi connectivity index (χ0v) is 70.3. The summed E-state index contributed by atoms with van der Waals surface area (Å²) in [5.74, 6) is -11.7. The molecule has 0 saturated heterocycles. The van der Waals surface area contributed by atoms with E-state index in [4.69, 9.17) is 25.4 Å². The second kappa shape index (κ2) is 35.6. The van der Waals surface area contributed by atoms with E-state index in [0.29, 0.717) is 77.0 Å². The van der Waals surface area contributed by atoms with E-state index in [-0.39, 0.29) is 131 Å². The molecule has 0 spiro atoms. The zero-order chi connectivity index (χ0) is 88.2. The molecule has 16 rings (SSSR count). The van der Waals surface area contributed by atoms with E-state index in [9.17, 15) is 68.6 Å². The molecule has 2 fully saturated rings. The van der Waals surface area contributed by atoms with Crippen LogP contribution in [0.3, 0.4) is 0 Å². The fraction of sp³-hybridized carbons (Fsp3) is 0.291. The predicted molar refractivity (Wildman–Crippen MR) is 452 cm³/mol. The first-order valence-electron chi connectivity index (χ1n) is 38.7. The van der Waals surface area contributed by atoms with Crippen molar-refractivity contribution in [2.45, 2.75) is 111 Å². The number of nitrogens with two attached hydrogens (primary N) is 2. The summed E-state index contributed by atoms with van der Waals surface area (Å²) in [6.07, 6.45) is 20.7. The molecule has 2 aromatic heterocycles. The quantitative estimate of drug-likeness (QED) is 0.00496. The van der Waals surface area contributed by atoms with Crippen LogP contribution in [0.25, 0.3) is 0 Å². The molecule has 40 nitrogen and oxygen atoms in total. The molecule has 6 aromatic carbocycles. The third-order valence-electron chi connectivity index (χ3n) is 23.7. The molecule has 0 bridgehead atoms. The fourth-order valence-corrected chi connectivity index (χ4v) is 21.6. The number of fused-ring (bicyclic) bond motifs is 4. The molecule has 125 heavy (non-hydrogen) atoms. The van der Waals surface area contributed by atoms with Gasteiger partial charge in [-0.2, -0.15) is 55.2 Å². The van der Waals surface area contributed by atoms with Gasteiger partial charge in [0.05, 0.1) is 73.6 Å². The molecule has 2 saturated carbocycles. The normalized spacial score (nSPS) is 23.0. The molecular weight excluding hydrogens is 1750 g/mol. The van der Waals surface area contributed by atoms with Gasteiger partial charge in [-0.1, -0.05) is 88.0 Å². The fourth-order valence-electron chi connectivity index (χ4n) is 18.3. The first kappa shape index (κ1) is 87.2. The number of rotatable bonds is 30. The number of amides is 2. The van der Waals surface area contributed by atoms with Crippen molar-refractivity contribution in [3.05, 3.63) is 179 Å². The Morgan fingerprint density at radius 3 is 1.33 bits per heavy atom. The van der Waals surface area contributed by atoms with Crippen molar-refractivity contribution in [3.8, 4) is 0 Å². The molecule has 6 aliphatic carbocycles. The molecule has 8 atom stereocenters. The van der Waals surface area contributed by atoms with Gasteiger partial charge in [-0.25, -0.2) is 15.8 Å². The number of ketones is 4. The number of carbonyl (C=O) groups is 6. The molecule has 652 valence electrons. The smallest absolute Gasteiger partial charge is 0.296 e. The van der Waals surface area contributed by atoms with Crippen LogP contribution < -0.4 is 53.2 Å². The van der Waals surface area contributed by atoms with Gasteiger partial charge in [-0.05, 0) is 165 Å². The van der Waals surface area contributed by atoms with Gasteiger partial charge in [-0.15, -0.1) is 13.0 Å². The molecule has 8 aliphatic rings. The van der Waals surface area contributed by atoms with Crippen molar-refractivity contribution >= 4 is 183 Å². The number of nitrogens with one attached hydrogen (secondary N) is 6. The first-order chi connectivity index (χ1) is 59.8. The third-order valence-corrected chi connectivity index (χ3v) is 28.2.